The fourth-order valence-electron chi connectivity index (χ4n) is 4.41. The topological polar surface area (TPSA) is 28.3 Å². The van der Waals surface area contributed by atoms with Gasteiger partial charge >= 0.3 is 0 Å². The summed E-state index contributed by atoms with van der Waals surface area (Å²) >= 11 is 1.81. The summed E-state index contributed by atoms with van der Waals surface area (Å²) in [6.07, 6.45) is 8.27. The molecule has 0 aliphatic carbocycles. The zero-order chi connectivity index (χ0) is 20.8. The van der Waals surface area contributed by atoms with Gasteiger partial charge in [-0.3, -0.25) is 0 Å². The van der Waals surface area contributed by atoms with Crippen LogP contribution in [-0.2, 0) is 0 Å². The molecule has 2 heterocycles. The van der Waals surface area contributed by atoms with Crippen molar-refractivity contribution in [3.8, 4) is 5.75 Å². The molecule has 30 heavy (non-hydrogen) atoms. The maximum absolute atomic E-state index is 6.04. The minimum Gasteiger partial charge on any atom is -0.492 e. The molecule has 160 valence electrons. The van der Waals surface area contributed by atoms with E-state index in [1.165, 1.54) is 65.2 Å². The van der Waals surface area contributed by atoms with Crippen LogP contribution < -0.4 is 4.74 Å². The quantitative estimate of drug-likeness (QED) is 0.373. The molecule has 4 rings (SSSR count). The van der Waals surface area contributed by atoms with Crippen molar-refractivity contribution in [2.75, 3.05) is 26.2 Å². The summed E-state index contributed by atoms with van der Waals surface area (Å²) in [5.41, 5.74) is 2.74. The molecule has 1 saturated heterocycles. The van der Waals surface area contributed by atoms with Crippen LogP contribution in [0.5, 0.6) is 5.75 Å². The number of likely N-dealkylation sites (tertiary alicyclic amines) is 1. The predicted molar refractivity (Wildman–Crippen MR) is 128 cm³/mol. The number of H-pyrrole nitrogens is 1. The number of ether oxygens (including phenoxy) is 1. The Hall–Kier alpha value is -1.91. The Kier molecular flexibility index (Phi) is 7.40. The lowest BCUT2D eigenvalue weighted by Gasteiger charge is -2.31. The van der Waals surface area contributed by atoms with Gasteiger partial charge in [0.15, 0.2) is 0 Å². The number of hydrogen-bond acceptors (Lipinski definition) is 3. The van der Waals surface area contributed by atoms with Crippen LogP contribution in [0.25, 0.3) is 10.9 Å². The van der Waals surface area contributed by atoms with Crippen molar-refractivity contribution < 1.29 is 4.74 Å². The smallest absolute Gasteiger partial charge is 0.133 e. The van der Waals surface area contributed by atoms with Crippen LogP contribution in [0.3, 0.4) is 0 Å². The zero-order valence-corrected chi connectivity index (χ0v) is 19.1. The number of para-hydroxylation sites is 1. The summed E-state index contributed by atoms with van der Waals surface area (Å²) in [4.78, 5) is 8.59. The number of rotatable bonds is 9. The van der Waals surface area contributed by atoms with Gasteiger partial charge in [0.25, 0.3) is 0 Å². The minimum atomic E-state index is 0.664. The van der Waals surface area contributed by atoms with E-state index in [0.29, 0.717) is 5.92 Å². The number of hydrogen-bond donors (Lipinski definition) is 1. The summed E-state index contributed by atoms with van der Waals surface area (Å²) in [5.74, 6) is 1.66. The Morgan fingerprint density at radius 1 is 1.07 bits per heavy atom. The lowest BCUT2D eigenvalue weighted by molar-refractivity contribution is 0.213. The molecule has 1 aliphatic rings. The normalized spacial score (nSPS) is 15.7. The van der Waals surface area contributed by atoms with E-state index in [1.54, 1.807) is 11.8 Å². The Bertz CT molecular complexity index is 943. The highest BCUT2D eigenvalue weighted by molar-refractivity contribution is 7.99. The monoisotopic (exact) mass is 422 g/mol. The zero-order valence-electron chi connectivity index (χ0n) is 18.3. The Balaban J connectivity index is 1.51. The van der Waals surface area contributed by atoms with Gasteiger partial charge in [-0.25, -0.2) is 0 Å². The molecular weight excluding hydrogens is 388 g/mol. The first-order valence-corrected chi connectivity index (χ1v) is 12.3. The molecule has 0 spiro atoms. The first kappa shape index (κ1) is 21.3. The Morgan fingerprint density at radius 3 is 2.70 bits per heavy atom. The number of aromatic amines is 1. The molecule has 1 aliphatic heterocycles. The van der Waals surface area contributed by atoms with Crippen LogP contribution in [-0.4, -0.2) is 36.1 Å². The fraction of sp³-hybridized carbons (Fsp3) is 0.462. The van der Waals surface area contributed by atoms with Gasteiger partial charge < -0.3 is 14.6 Å². The molecule has 0 saturated carbocycles. The van der Waals surface area contributed by atoms with Gasteiger partial charge in [0.1, 0.15) is 5.75 Å². The highest BCUT2D eigenvalue weighted by Crippen LogP contribution is 2.39. The molecule has 0 amide bonds. The highest BCUT2D eigenvalue weighted by atomic mass is 32.2. The second-order valence-electron chi connectivity index (χ2n) is 8.32. The van der Waals surface area contributed by atoms with Crippen LogP contribution in [0.4, 0.5) is 0 Å². The number of benzene rings is 2. The molecule has 3 nitrogen and oxygen atoms in total. The lowest BCUT2D eigenvalue weighted by atomic mass is 9.89. The summed E-state index contributed by atoms with van der Waals surface area (Å²) in [5, 5.41) is 1.39. The molecule has 1 N–H and O–H groups in total. The number of aromatic nitrogens is 1. The van der Waals surface area contributed by atoms with Crippen molar-refractivity contribution in [3.63, 3.8) is 0 Å². The van der Waals surface area contributed by atoms with Gasteiger partial charge in [-0.15, -0.1) is 0 Å². The van der Waals surface area contributed by atoms with Crippen LogP contribution in [0.1, 0.15) is 57.4 Å². The van der Waals surface area contributed by atoms with Crippen molar-refractivity contribution in [1.82, 2.24) is 9.88 Å². The average Bonchev–Trinajstić information content (AvgIpc) is 3.19. The molecule has 1 aromatic heterocycles. The van der Waals surface area contributed by atoms with Gasteiger partial charge in [0, 0.05) is 22.0 Å². The van der Waals surface area contributed by atoms with E-state index < -0.39 is 0 Å². The van der Waals surface area contributed by atoms with Gasteiger partial charge in [-0.1, -0.05) is 44.2 Å². The molecule has 3 aromatic rings. The summed E-state index contributed by atoms with van der Waals surface area (Å²) in [6, 6.07) is 15.2. The van der Waals surface area contributed by atoms with Crippen molar-refractivity contribution in [2.45, 2.75) is 61.7 Å². The molecule has 0 atom stereocenters. The van der Waals surface area contributed by atoms with Crippen LogP contribution >= 0.6 is 11.8 Å². The van der Waals surface area contributed by atoms with Crippen molar-refractivity contribution >= 4 is 22.7 Å². The minimum absolute atomic E-state index is 0.664. The lowest BCUT2D eigenvalue weighted by Crippen LogP contribution is -2.33. The molecule has 0 unspecified atom stereocenters. The van der Waals surface area contributed by atoms with Crippen LogP contribution in [0, 0.1) is 0 Å². The number of nitrogens with zero attached hydrogens (tertiary/aromatic N) is 1. The summed E-state index contributed by atoms with van der Waals surface area (Å²) in [6.45, 7) is 8.94. The third kappa shape index (κ3) is 5.04. The maximum atomic E-state index is 6.04. The third-order valence-corrected chi connectivity index (χ3v) is 7.13. The summed E-state index contributed by atoms with van der Waals surface area (Å²) < 4.78 is 6.04. The Morgan fingerprint density at radius 2 is 1.90 bits per heavy atom. The molecule has 4 heteroatoms. The second-order valence-corrected chi connectivity index (χ2v) is 9.43. The van der Waals surface area contributed by atoms with E-state index in [4.69, 9.17) is 4.74 Å². The van der Waals surface area contributed by atoms with Gasteiger partial charge in [-0.2, -0.15) is 0 Å². The number of fused-ring (bicyclic) bond motifs is 1. The highest BCUT2D eigenvalue weighted by Gasteiger charge is 2.22. The molecule has 1 fully saturated rings. The van der Waals surface area contributed by atoms with Crippen molar-refractivity contribution in [3.05, 3.63) is 54.2 Å². The van der Waals surface area contributed by atoms with Gasteiger partial charge in [0.05, 0.1) is 11.5 Å². The Labute approximate surface area is 185 Å². The fourth-order valence-corrected chi connectivity index (χ4v) is 5.35. The largest absolute Gasteiger partial charge is 0.492 e. The first-order chi connectivity index (χ1) is 14.8. The second kappa shape index (κ2) is 10.4. The number of unbranched alkanes of at least 4 members (excludes halogenated alkanes) is 1. The molecular formula is C26H34N2OS. The standard InChI is InChI=1S/C26H34N2OS/c1-3-5-17-29-25-8-6-7-9-26(25)30-21-10-11-24-22(18-21)23(19-27-24)20-12-15-28(14-4-2)16-13-20/h6-11,18-20,27H,3-5,12-17H2,1-2H3. The first-order valence-electron chi connectivity index (χ1n) is 11.5. The van der Waals surface area contributed by atoms with E-state index in [2.05, 4.69) is 72.4 Å². The average molecular weight is 423 g/mol. The van der Waals surface area contributed by atoms with Crippen molar-refractivity contribution in [2.24, 2.45) is 0 Å². The summed E-state index contributed by atoms with van der Waals surface area (Å²) in [7, 11) is 0. The molecule has 0 bridgehead atoms. The van der Waals surface area contributed by atoms with Crippen LogP contribution in [0.15, 0.2) is 58.5 Å². The van der Waals surface area contributed by atoms with Gasteiger partial charge in [0.2, 0.25) is 0 Å². The van der Waals surface area contributed by atoms with E-state index in [9.17, 15) is 0 Å². The van der Waals surface area contributed by atoms with E-state index in [0.717, 1.165) is 25.2 Å². The van der Waals surface area contributed by atoms with E-state index in [1.807, 2.05) is 0 Å². The van der Waals surface area contributed by atoms with Crippen LogP contribution in [0.2, 0.25) is 0 Å². The SMILES string of the molecule is CCCCOc1ccccc1Sc1ccc2[nH]cc(C3CCN(CCC)CC3)c2c1. The van der Waals surface area contributed by atoms with Gasteiger partial charge in [-0.05, 0) is 87.1 Å². The maximum Gasteiger partial charge on any atom is 0.133 e. The molecule has 0 radical (unpaired) electrons. The molecule has 2 aromatic carbocycles. The van der Waals surface area contributed by atoms with E-state index in [-0.39, 0.29) is 0 Å². The number of nitrogens with one attached hydrogen (secondary N) is 1. The van der Waals surface area contributed by atoms with Crippen molar-refractivity contribution in [1.29, 1.82) is 0 Å². The number of piperidine rings is 1. The predicted octanol–water partition coefficient (Wildman–Crippen LogP) is 7.09. The third-order valence-electron chi connectivity index (χ3n) is 6.08. The van der Waals surface area contributed by atoms with E-state index >= 15 is 0 Å².